The predicted octanol–water partition coefficient (Wildman–Crippen LogP) is 3.58. The van der Waals surface area contributed by atoms with E-state index in [2.05, 4.69) is 19.2 Å². The minimum absolute atomic E-state index is 0.0249. The fourth-order valence-electron chi connectivity index (χ4n) is 2.89. The average molecular weight is 483 g/mol. The number of amides is 1. The Morgan fingerprint density at radius 1 is 1.09 bits per heavy atom. The average Bonchev–Trinajstić information content (AvgIpc) is 2.71. The van der Waals surface area contributed by atoms with Crippen molar-refractivity contribution in [2.45, 2.75) is 31.6 Å². The first-order valence-corrected chi connectivity index (χ1v) is 11.6. The van der Waals surface area contributed by atoms with Gasteiger partial charge in [-0.3, -0.25) is 4.79 Å². The second-order valence-corrected chi connectivity index (χ2v) is 10.1. The van der Waals surface area contributed by atoms with Gasteiger partial charge in [-0.25, -0.2) is 17.5 Å². The molecule has 0 heterocycles. The summed E-state index contributed by atoms with van der Waals surface area (Å²) in [7, 11) is -1.04. The molecule has 2 aromatic rings. The molecule has 0 aliphatic heterocycles. The molecule has 2 aromatic carbocycles. The summed E-state index contributed by atoms with van der Waals surface area (Å²) < 4.78 is 36.0. The lowest BCUT2D eigenvalue weighted by Crippen LogP contribution is -2.24. The third-order valence-electron chi connectivity index (χ3n) is 4.56. The van der Waals surface area contributed by atoms with Gasteiger partial charge in [-0.05, 0) is 54.3 Å². The normalized spacial score (nSPS) is 11.5. The molecular weight excluding hydrogens is 456 g/mol. The number of sulfonamides is 1. The number of rotatable bonds is 9. The van der Waals surface area contributed by atoms with Crippen molar-refractivity contribution in [2.24, 2.45) is 0 Å². The number of carbonyl (C=O) groups excluding carboxylic acids is 2. The Labute approximate surface area is 193 Å². The second-order valence-electron chi connectivity index (χ2n) is 7.60. The Kier molecular flexibility index (Phi) is 8.65. The molecule has 0 bridgehead atoms. The maximum absolute atomic E-state index is 12.3. The Morgan fingerprint density at radius 2 is 1.78 bits per heavy atom. The number of hydrogen-bond donors (Lipinski definition) is 1. The van der Waals surface area contributed by atoms with E-state index in [0.717, 1.165) is 9.87 Å². The van der Waals surface area contributed by atoms with E-state index in [1.54, 1.807) is 6.07 Å². The quantitative estimate of drug-likeness (QED) is 0.548. The molecule has 0 unspecified atom stereocenters. The first kappa shape index (κ1) is 25.6. The molecule has 0 radical (unpaired) electrons. The highest BCUT2D eigenvalue weighted by Crippen LogP contribution is 2.27. The van der Waals surface area contributed by atoms with Gasteiger partial charge in [-0.15, -0.1) is 0 Å². The second kappa shape index (κ2) is 10.8. The van der Waals surface area contributed by atoms with Crippen molar-refractivity contribution in [3.8, 4) is 5.75 Å². The highest BCUT2D eigenvalue weighted by atomic mass is 35.5. The molecule has 10 heteroatoms. The van der Waals surface area contributed by atoms with E-state index in [4.69, 9.17) is 21.1 Å². The molecule has 0 saturated carbocycles. The van der Waals surface area contributed by atoms with Crippen molar-refractivity contribution < 1.29 is 27.5 Å². The molecule has 0 aromatic heterocycles. The van der Waals surface area contributed by atoms with Gasteiger partial charge >= 0.3 is 5.97 Å². The maximum atomic E-state index is 12.3. The van der Waals surface area contributed by atoms with Gasteiger partial charge in [0.25, 0.3) is 5.91 Å². The van der Waals surface area contributed by atoms with Gasteiger partial charge in [0.1, 0.15) is 10.6 Å². The van der Waals surface area contributed by atoms with Crippen molar-refractivity contribution in [3.63, 3.8) is 0 Å². The SMILES string of the molecule is Cc1cc(OCC(=O)OCC(=O)Nc2ccc(Cl)c(S(=O)(=O)N(C)C)c2)ccc1C(C)C. The van der Waals surface area contributed by atoms with E-state index in [1.807, 2.05) is 19.1 Å². The lowest BCUT2D eigenvalue weighted by molar-refractivity contribution is -0.149. The monoisotopic (exact) mass is 482 g/mol. The molecule has 0 aliphatic carbocycles. The molecule has 8 nitrogen and oxygen atoms in total. The number of halogens is 1. The maximum Gasteiger partial charge on any atom is 0.344 e. The predicted molar refractivity (Wildman–Crippen MR) is 123 cm³/mol. The molecule has 0 fully saturated rings. The minimum atomic E-state index is -3.79. The molecule has 1 N–H and O–H groups in total. The zero-order valence-electron chi connectivity index (χ0n) is 18.6. The molecule has 0 atom stereocenters. The molecule has 0 spiro atoms. The number of nitrogens with one attached hydrogen (secondary N) is 1. The molecule has 0 aliphatic rings. The van der Waals surface area contributed by atoms with Crippen LogP contribution < -0.4 is 10.1 Å². The standard InChI is InChI=1S/C22H27ClN2O6S/c1-14(2)18-8-7-17(10-15(18)3)30-13-22(27)31-12-21(26)24-16-6-9-19(23)20(11-16)32(28,29)25(4)5/h6-11,14H,12-13H2,1-5H3,(H,24,26). The fourth-order valence-corrected chi connectivity index (χ4v) is 4.28. The molecular formula is C22H27ClN2O6S. The summed E-state index contributed by atoms with van der Waals surface area (Å²) in [4.78, 5) is 23.9. The van der Waals surface area contributed by atoms with Crippen LogP contribution in [-0.4, -0.2) is 51.9 Å². The van der Waals surface area contributed by atoms with Crippen molar-refractivity contribution in [3.05, 3.63) is 52.5 Å². The minimum Gasteiger partial charge on any atom is -0.482 e. The van der Waals surface area contributed by atoms with E-state index in [9.17, 15) is 18.0 Å². The largest absolute Gasteiger partial charge is 0.482 e. The van der Waals surface area contributed by atoms with Gasteiger partial charge in [-0.2, -0.15) is 0 Å². The third kappa shape index (κ3) is 6.69. The Hall–Kier alpha value is -2.62. The van der Waals surface area contributed by atoms with Crippen LogP contribution in [0.2, 0.25) is 5.02 Å². The van der Waals surface area contributed by atoms with E-state index in [1.165, 1.54) is 37.9 Å². The summed E-state index contributed by atoms with van der Waals surface area (Å²) in [5.41, 5.74) is 2.46. The number of benzene rings is 2. The third-order valence-corrected chi connectivity index (χ3v) is 6.85. The fraction of sp³-hybridized carbons (Fsp3) is 0.364. The van der Waals surface area contributed by atoms with Crippen molar-refractivity contribution in [1.29, 1.82) is 0 Å². The van der Waals surface area contributed by atoms with Crippen LogP contribution in [0.1, 0.15) is 30.9 Å². The lowest BCUT2D eigenvalue weighted by Gasteiger charge is -2.14. The van der Waals surface area contributed by atoms with Crippen molar-refractivity contribution >= 4 is 39.2 Å². The van der Waals surface area contributed by atoms with Crippen LogP contribution in [0, 0.1) is 6.92 Å². The molecule has 0 saturated heterocycles. The van der Waals surface area contributed by atoms with E-state index in [-0.39, 0.29) is 22.2 Å². The van der Waals surface area contributed by atoms with E-state index in [0.29, 0.717) is 11.7 Å². The van der Waals surface area contributed by atoms with E-state index >= 15 is 0 Å². The van der Waals surface area contributed by atoms with Crippen LogP contribution >= 0.6 is 11.6 Å². The zero-order chi connectivity index (χ0) is 24.1. The topological polar surface area (TPSA) is 102 Å². The van der Waals surface area contributed by atoms with Crippen molar-refractivity contribution in [2.75, 3.05) is 32.6 Å². The number of hydrogen-bond acceptors (Lipinski definition) is 6. The highest BCUT2D eigenvalue weighted by Gasteiger charge is 2.21. The summed E-state index contributed by atoms with van der Waals surface area (Å²) in [5.74, 6) is -0.431. The first-order chi connectivity index (χ1) is 14.9. The number of aryl methyl sites for hydroxylation is 1. The van der Waals surface area contributed by atoms with Gasteiger partial charge < -0.3 is 14.8 Å². The number of anilines is 1. The molecule has 1 amide bonds. The Bertz CT molecular complexity index is 1100. The zero-order valence-corrected chi connectivity index (χ0v) is 20.2. The number of ether oxygens (including phenoxy) is 2. The Morgan fingerprint density at radius 3 is 2.38 bits per heavy atom. The summed E-state index contributed by atoms with van der Waals surface area (Å²) in [6, 6.07) is 9.62. The number of nitrogens with zero attached hydrogens (tertiary/aromatic N) is 1. The number of esters is 1. The summed E-state index contributed by atoms with van der Waals surface area (Å²) in [5, 5.41) is 2.50. The smallest absolute Gasteiger partial charge is 0.344 e. The molecule has 32 heavy (non-hydrogen) atoms. The van der Waals surface area contributed by atoms with Gasteiger partial charge in [0.05, 0.1) is 5.02 Å². The van der Waals surface area contributed by atoms with Crippen LogP contribution in [0.5, 0.6) is 5.75 Å². The first-order valence-electron chi connectivity index (χ1n) is 9.82. The van der Waals surface area contributed by atoms with E-state index < -0.39 is 28.5 Å². The van der Waals surface area contributed by atoms with Crippen molar-refractivity contribution in [1.82, 2.24) is 4.31 Å². The highest BCUT2D eigenvalue weighted by molar-refractivity contribution is 7.89. The van der Waals surface area contributed by atoms with Gasteiger partial charge in [0.15, 0.2) is 13.2 Å². The van der Waals surface area contributed by atoms with Crippen LogP contribution in [0.15, 0.2) is 41.3 Å². The van der Waals surface area contributed by atoms with Crippen LogP contribution in [0.4, 0.5) is 5.69 Å². The summed E-state index contributed by atoms with van der Waals surface area (Å²) in [6.45, 7) is 5.26. The van der Waals surface area contributed by atoms with Crippen LogP contribution in [-0.2, 0) is 24.3 Å². The molecule has 2 rings (SSSR count). The van der Waals surface area contributed by atoms with Gasteiger partial charge in [-0.1, -0.05) is 31.5 Å². The van der Waals surface area contributed by atoms with Crippen LogP contribution in [0.25, 0.3) is 0 Å². The lowest BCUT2D eigenvalue weighted by atomic mass is 9.98. The summed E-state index contributed by atoms with van der Waals surface area (Å²) in [6.07, 6.45) is 0. The van der Waals surface area contributed by atoms with Crippen LogP contribution in [0.3, 0.4) is 0 Å². The number of carbonyl (C=O) groups is 2. The molecule has 174 valence electrons. The summed E-state index contributed by atoms with van der Waals surface area (Å²) >= 11 is 5.98. The van der Waals surface area contributed by atoms with Gasteiger partial charge in [0, 0.05) is 19.8 Å². The van der Waals surface area contributed by atoms with Gasteiger partial charge in [0.2, 0.25) is 10.0 Å². The Balaban J connectivity index is 1.89.